The summed E-state index contributed by atoms with van der Waals surface area (Å²) in [6, 6.07) is 8.04. The fourth-order valence-corrected chi connectivity index (χ4v) is 5.45. The number of fused-ring (bicyclic) bond motifs is 2. The van der Waals surface area contributed by atoms with Crippen molar-refractivity contribution in [3.8, 4) is 11.1 Å². The summed E-state index contributed by atoms with van der Waals surface area (Å²) >= 11 is 2.97. The second kappa shape index (κ2) is 8.31. The van der Waals surface area contributed by atoms with Crippen LogP contribution < -0.4 is 5.73 Å². The maximum absolute atomic E-state index is 6.43. The summed E-state index contributed by atoms with van der Waals surface area (Å²) < 4.78 is 5.52. The van der Waals surface area contributed by atoms with Crippen molar-refractivity contribution in [3.05, 3.63) is 66.1 Å². The van der Waals surface area contributed by atoms with E-state index in [0.717, 1.165) is 42.6 Å². The Hall–Kier alpha value is -3.61. The lowest BCUT2D eigenvalue weighted by molar-refractivity contribution is 0.652. The molecule has 0 aliphatic rings. The minimum Gasteiger partial charge on any atom is -0.338 e. The molecule has 0 amide bonds. The van der Waals surface area contributed by atoms with E-state index in [2.05, 4.69) is 37.4 Å². The van der Waals surface area contributed by atoms with Crippen LogP contribution in [0.3, 0.4) is 0 Å². The Morgan fingerprint density at radius 1 is 1.09 bits per heavy atom. The molecule has 12 heteroatoms. The van der Waals surface area contributed by atoms with Crippen LogP contribution in [-0.2, 0) is 20.5 Å². The number of nitrogens with two attached hydrogens (primary N) is 1. The Morgan fingerprint density at radius 3 is 2.79 bits per heavy atom. The minimum atomic E-state index is -0.238. The second-order valence-corrected chi connectivity index (χ2v) is 10.0. The molecule has 170 valence electrons. The monoisotopic (exact) mass is 488 g/mol. The number of nitrogens with zero attached hydrogens (tertiary/aromatic N) is 9. The third-order valence-corrected chi connectivity index (χ3v) is 7.50. The van der Waals surface area contributed by atoms with E-state index in [-0.39, 0.29) is 6.04 Å². The smallest absolute Gasteiger partial charge is 0.235 e. The Balaban J connectivity index is 1.27. The van der Waals surface area contributed by atoms with E-state index in [1.165, 1.54) is 23.1 Å². The Bertz CT molecular complexity index is 1630. The number of hydrogen-bond donors (Lipinski definition) is 1. The Morgan fingerprint density at radius 2 is 2.00 bits per heavy atom. The summed E-state index contributed by atoms with van der Waals surface area (Å²) in [6.45, 7) is 0. The molecule has 0 saturated carbocycles. The topological polar surface area (TPSA) is 118 Å². The SMILES string of the molecule is Cn1cc(-c2cnc3ccc(Sc4nnc5sc(C(N)Cc6cncn6C)nn45)cc3c2)cn1. The third kappa shape index (κ3) is 3.85. The molecule has 0 saturated heterocycles. The van der Waals surface area contributed by atoms with E-state index >= 15 is 0 Å². The number of aromatic nitrogens is 9. The van der Waals surface area contributed by atoms with Crippen molar-refractivity contribution in [1.82, 2.24) is 44.1 Å². The standard InChI is InChI=1S/C22H20N10S2/c1-30-12-24-10-16(30)7-18(23)20-29-32-21(27-28-22(32)34-20)33-17-3-4-19-13(6-17)5-14(8-25-19)15-9-26-31(2)11-15/h3-6,8-12,18H,7,23H2,1-2H3. The van der Waals surface area contributed by atoms with Gasteiger partial charge < -0.3 is 10.3 Å². The van der Waals surface area contributed by atoms with Gasteiger partial charge in [0.2, 0.25) is 10.1 Å². The first kappa shape index (κ1) is 21.0. The summed E-state index contributed by atoms with van der Waals surface area (Å²) in [5.74, 6) is 0. The molecule has 0 fully saturated rings. The molecule has 10 nitrogen and oxygen atoms in total. The van der Waals surface area contributed by atoms with Crippen molar-refractivity contribution < 1.29 is 0 Å². The average molecular weight is 489 g/mol. The lowest BCUT2D eigenvalue weighted by atomic mass is 10.1. The Kier molecular flexibility index (Phi) is 5.12. The highest BCUT2D eigenvalue weighted by molar-refractivity contribution is 7.99. The van der Waals surface area contributed by atoms with Gasteiger partial charge in [-0.1, -0.05) is 11.3 Å². The van der Waals surface area contributed by atoms with E-state index in [0.29, 0.717) is 11.6 Å². The van der Waals surface area contributed by atoms with Crippen molar-refractivity contribution >= 4 is 39.0 Å². The first-order valence-electron chi connectivity index (χ1n) is 10.5. The Labute approximate surface area is 202 Å². The van der Waals surface area contributed by atoms with Crippen molar-refractivity contribution in [1.29, 1.82) is 0 Å². The molecular weight excluding hydrogens is 468 g/mol. The zero-order valence-electron chi connectivity index (χ0n) is 18.4. The van der Waals surface area contributed by atoms with Crippen LogP contribution >= 0.6 is 23.1 Å². The zero-order chi connectivity index (χ0) is 23.2. The van der Waals surface area contributed by atoms with Gasteiger partial charge in [0, 0.05) is 66.2 Å². The summed E-state index contributed by atoms with van der Waals surface area (Å²) in [7, 11) is 3.86. The molecule has 0 aliphatic heterocycles. The van der Waals surface area contributed by atoms with Crippen LogP contribution in [-0.4, -0.2) is 44.1 Å². The van der Waals surface area contributed by atoms with E-state index < -0.39 is 0 Å². The van der Waals surface area contributed by atoms with Gasteiger partial charge in [-0.05, 0) is 36.0 Å². The van der Waals surface area contributed by atoms with Crippen molar-refractivity contribution in [2.24, 2.45) is 19.8 Å². The summed E-state index contributed by atoms with van der Waals surface area (Å²) in [6.07, 6.45) is 9.95. The highest BCUT2D eigenvalue weighted by Crippen LogP contribution is 2.32. The molecular formula is C22H20N10S2. The molecule has 6 rings (SSSR count). The first-order valence-corrected chi connectivity index (χ1v) is 12.2. The van der Waals surface area contributed by atoms with Crippen LogP contribution in [0.4, 0.5) is 0 Å². The molecule has 0 aliphatic carbocycles. The quantitative estimate of drug-likeness (QED) is 0.380. The predicted molar refractivity (Wildman–Crippen MR) is 131 cm³/mol. The molecule has 0 spiro atoms. The van der Waals surface area contributed by atoms with E-state index in [1.54, 1.807) is 15.5 Å². The fraction of sp³-hybridized carbons (Fsp3) is 0.182. The van der Waals surface area contributed by atoms with Crippen LogP contribution in [0.1, 0.15) is 16.7 Å². The predicted octanol–water partition coefficient (Wildman–Crippen LogP) is 3.26. The molecule has 1 atom stereocenters. The molecule has 34 heavy (non-hydrogen) atoms. The van der Waals surface area contributed by atoms with Crippen LogP contribution in [0.5, 0.6) is 0 Å². The minimum absolute atomic E-state index is 0.238. The number of benzene rings is 1. The summed E-state index contributed by atoms with van der Waals surface area (Å²) in [4.78, 5) is 10.5. The maximum Gasteiger partial charge on any atom is 0.235 e. The zero-order valence-corrected chi connectivity index (χ0v) is 20.0. The molecule has 6 aromatic rings. The van der Waals surface area contributed by atoms with Gasteiger partial charge in [-0.2, -0.15) is 14.7 Å². The van der Waals surface area contributed by atoms with Gasteiger partial charge in [-0.15, -0.1) is 10.2 Å². The van der Waals surface area contributed by atoms with Crippen LogP contribution in [0.2, 0.25) is 0 Å². The maximum atomic E-state index is 6.43. The van der Waals surface area contributed by atoms with Gasteiger partial charge in [-0.3, -0.25) is 9.67 Å². The van der Waals surface area contributed by atoms with Crippen LogP contribution in [0, 0.1) is 0 Å². The van der Waals surface area contributed by atoms with Gasteiger partial charge in [0.25, 0.3) is 0 Å². The van der Waals surface area contributed by atoms with Crippen molar-refractivity contribution in [2.45, 2.75) is 22.5 Å². The molecule has 1 aromatic carbocycles. The number of imidazole rings is 1. The normalized spacial score (nSPS) is 12.7. The molecule has 0 bridgehead atoms. The van der Waals surface area contributed by atoms with Gasteiger partial charge in [0.15, 0.2) is 0 Å². The molecule has 2 N–H and O–H groups in total. The number of hydrogen-bond acceptors (Lipinski definition) is 9. The van der Waals surface area contributed by atoms with Gasteiger partial charge >= 0.3 is 0 Å². The average Bonchev–Trinajstić information content (AvgIpc) is 3.61. The highest BCUT2D eigenvalue weighted by Gasteiger charge is 2.19. The van der Waals surface area contributed by atoms with Crippen molar-refractivity contribution in [3.63, 3.8) is 0 Å². The molecule has 1 unspecified atom stereocenters. The van der Waals surface area contributed by atoms with Crippen LogP contribution in [0.15, 0.2) is 65.4 Å². The third-order valence-electron chi connectivity index (χ3n) is 5.54. The van der Waals surface area contributed by atoms with Gasteiger partial charge in [-0.25, -0.2) is 4.98 Å². The fourth-order valence-electron chi connectivity index (χ4n) is 3.73. The number of aryl methyl sites for hydroxylation is 2. The number of pyridine rings is 1. The summed E-state index contributed by atoms with van der Waals surface area (Å²) in [5.41, 5.74) is 10.5. The van der Waals surface area contributed by atoms with E-state index in [9.17, 15) is 0 Å². The largest absolute Gasteiger partial charge is 0.338 e. The second-order valence-electron chi connectivity index (χ2n) is 8.01. The van der Waals surface area contributed by atoms with E-state index in [4.69, 9.17) is 10.8 Å². The first-order chi connectivity index (χ1) is 16.5. The van der Waals surface area contributed by atoms with E-state index in [1.807, 2.05) is 55.6 Å². The van der Waals surface area contributed by atoms with Crippen LogP contribution in [0.25, 0.3) is 27.0 Å². The lowest BCUT2D eigenvalue weighted by Gasteiger charge is -2.08. The molecule has 5 heterocycles. The van der Waals surface area contributed by atoms with Crippen molar-refractivity contribution in [2.75, 3.05) is 0 Å². The van der Waals surface area contributed by atoms with Gasteiger partial charge in [0.05, 0.1) is 24.1 Å². The molecule has 0 radical (unpaired) electrons. The van der Waals surface area contributed by atoms with Gasteiger partial charge in [0.1, 0.15) is 5.01 Å². The lowest BCUT2D eigenvalue weighted by Crippen LogP contribution is -2.15. The highest BCUT2D eigenvalue weighted by atomic mass is 32.2. The summed E-state index contributed by atoms with van der Waals surface area (Å²) in [5, 5.41) is 20.2. The number of rotatable bonds is 6. The molecule has 5 aromatic heterocycles.